The van der Waals surface area contributed by atoms with Gasteiger partial charge < -0.3 is 29.7 Å². The van der Waals surface area contributed by atoms with E-state index in [1.165, 1.54) is 24.5 Å². The van der Waals surface area contributed by atoms with E-state index in [1.54, 1.807) is 47.6 Å². The summed E-state index contributed by atoms with van der Waals surface area (Å²) in [7, 11) is 1.83. The molecule has 0 saturated carbocycles. The number of aromatic nitrogens is 8. The highest BCUT2D eigenvalue weighted by atomic mass is 35.5. The quantitative estimate of drug-likeness (QED) is 0.171. The maximum Gasteiger partial charge on any atom is 0.139 e. The zero-order chi connectivity index (χ0) is 32.9. The van der Waals surface area contributed by atoms with Crippen molar-refractivity contribution in [2.24, 2.45) is 7.05 Å². The molecule has 0 unspecified atom stereocenters. The summed E-state index contributed by atoms with van der Waals surface area (Å²) < 4.78 is 30.6. The van der Waals surface area contributed by atoms with Crippen LogP contribution in [0, 0.1) is 0 Å². The molecule has 212 valence electrons. The topological polar surface area (TPSA) is 144 Å². The Kier molecular flexibility index (Phi) is 7.63. The summed E-state index contributed by atoms with van der Waals surface area (Å²) in [5.41, 5.74) is 3.53. The van der Waals surface area contributed by atoms with Crippen molar-refractivity contribution in [2.45, 2.75) is 13.1 Å². The van der Waals surface area contributed by atoms with Gasteiger partial charge in [-0.3, -0.25) is 0 Å². The molecule has 8 aromatic heterocycles. The summed E-state index contributed by atoms with van der Waals surface area (Å²) in [5.74, 6) is 0. The fourth-order valence-corrected chi connectivity index (χ4v) is 4.34. The van der Waals surface area contributed by atoms with Crippen LogP contribution < -0.4 is 0 Å². The maximum absolute atomic E-state index is 9.29. The van der Waals surface area contributed by atoms with Crippen LogP contribution >= 0.6 is 11.6 Å². The van der Waals surface area contributed by atoms with Crippen molar-refractivity contribution in [3.8, 4) is 0 Å². The van der Waals surface area contributed by atoms with Crippen LogP contribution in [0.25, 0.3) is 44.1 Å². The van der Waals surface area contributed by atoms with E-state index >= 15 is 0 Å². The summed E-state index contributed by atoms with van der Waals surface area (Å²) in [5, 5.41) is 22.6. The number of aryl methyl sites for hydroxylation is 1. The molecule has 0 aliphatic carbocycles. The normalized spacial score (nSPS) is 12.7. The van der Waals surface area contributed by atoms with Gasteiger partial charge in [0.2, 0.25) is 0 Å². The number of aliphatic hydroxyl groups is 2. The van der Waals surface area contributed by atoms with E-state index in [0.717, 1.165) is 27.1 Å². The first-order valence-corrected chi connectivity index (χ1v) is 13.0. The summed E-state index contributed by atoms with van der Waals surface area (Å²) in [6.45, 7) is -4.63. The Balaban J connectivity index is 0.000000122. The summed E-state index contributed by atoms with van der Waals surface area (Å²) >= 11 is 5.84. The monoisotopic (exact) mass is 584 g/mol. The van der Waals surface area contributed by atoms with Gasteiger partial charge in [0.1, 0.15) is 22.6 Å². The van der Waals surface area contributed by atoms with Gasteiger partial charge in [-0.15, -0.1) is 0 Å². The van der Waals surface area contributed by atoms with Crippen LogP contribution in [0.15, 0.2) is 104 Å². The van der Waals surface area contributed by atoms with Crippen LogP contribution in [0.5, 0.6) is 0 Å². The number of aromatic amines is 3. The van der Waals surface area contributed by atoms with Gasteiger partial charge in [-0.05, 0) is 65.7 Å². The lowest BCUT2D eigenvalue weighted by molar-refractivity contribution is 0.283. The molecule has 8 heterocycles. The van der Waals surface area contributed by atoms with Gasteiger partial charge >= 0.3 is 0 Å². The molecular weight excluding hydrogens is 552 g/mol. The van der Waals surface area contributed by atoms with Gasteiger partial charge in [-0.1, -0.05) is 11.6 Å². The summed E-state index contributed by atoms with van der Waals surface area (Å²) in [6.07, 6.45) is 13.6. The lowest BCUT2D eigenvalue weighted by Crippen LogP contribution is -1.90. The van der Waals surface area contributed by atoms with E-state index < -0.39 is 13.1 Å². The minimum absolute atomic E-state index is 0.235. The minimum Gasteiger partial charge on any atom is -0.392 e. The molecule has 0 spiro atoms. The highest BCUT2D eigenvalue weighted by Crippen LogP contribution is 2.19. The van der Waals surface area contributed by atoms with Crippen LogP contribution in [0.4, 0.5) is 0 Å². The molecule has 5 N–H and O–H groups in total. The molecule has 0 amide bonds. The van der Waals surface area contributed by atoms with Crippen molar-refractivity contribution in [3.63, 3.8) is 0 Å². The highest BCUT2D eigenvalue weighted by Gasteiger charge is 2.03. The Morgan fingerprint density at radius 1 is 0.690 bits per heavy atom. The summed E-state index contributed by atoms with van der Waals surface area (Å²) in [6, 6.07) is 16.0. The Labute approximate surface area is 251 Å². The van der Waals surface area contributed by atoms with E-state index in [1.807, 2.05) is 43.7 Å². The third-order valence-electron chi connectivity index (χ3n) is 6.20. The van der Waals surface area contributed by atoms with Crippen LogP contribution in [-0.4, -0.2) is 49.7 Å². The SMILES string of the molecule is Clc1ccnc2[nH]ccc12.[2H]C([2H])(O)c1ccnc2[nH]ccc12.[2H]C([2H])(O)c1ccnc2c1ccn2C.c1cnc2[nH]ccc2c1. The smallest absolute Gasteiger partial charge is 0.139 e. The van der Waals surface area contributed by atoms with E-state index in [-0.39, 0.29) is 11.1 Å². The predicted octanol–water partition coefficient (Wildman–Crippen LogP) is 5.90. The number of rotatable bonds is 2. The molecular formula is C31H29ClN8O2. The molecule has 8 aromatic rings. The number of hydrogen-bond donors (Lipinski definition) is 5. The predicted molar refractivity (Wildman–Crippen MR) is 166 cm³/mol. The first-order valence-electron chi connectivity index (χ1n) is 14.7. The van der Waals surface area contributed by atoms with E-state index in [4.69, 9.17) is 17.1 Å². The van der Waals surface area contributed by atoms with Gasteiger partial charge in [-0.2, -0.15) is 0 Å². The Bertz CT molecular complexity index is 2170. The molecule has 11 heteroatoms. The van der Waals surface area contributed by atoms with Crippen molar-refractivity contribution in [1.82, 2.24) is 39.5 Å². The first-order chi connectivity index (χ1) is 21.9. The molecule has 10 nitrogen and oxygen atoms in total. The van der Waals surface area contributed by atoms with Crippen LogP contribution in [0.2, 0.25) is 5.02 Å². The van der Waals surface area contributed by atoms with Crippen LogP contribution in [0.3, 0.4) is 0 Å². The first kappa shape index (κ1) is 23.7. The minimum atomic E-state index is -2.32. The zero-order valence-electron chi connectivity index (χ0n) is 26.3. The van der Waals surface area contributed by atoms with Crippen molar-refractivity contribution >= 4 is 55.7 Å². The third-order valence-corrected chi connectivity index (χ3v) is 6.53. The van der Waals surface area contributed by atoms with Gasteiger partial charge in [0, 0.05) is 78.2 Å². The highest BCUT2D eigenvalue weighted by molar-refractivity contribution is 6.35. The number of nitrogens with zero attached hydrogens (tertiary/aromatic N) is 5. The second-order valence-electron chi connectivity index (χ2n) is 8.80. The average molecular weight is 585 g/mol. The number of nitrogens with one attached hydrogen (secondary N) is 3. The third kappa shape index (κ3) is 6.47. The second-order valence-corrected chi connectivity index (χ2v) is 9.20. The number of pyridine rings is 4. The molecule has 42 heavy (non-hydrogen) atoms. The fourth-order valence-electron chi connectivity index (χ4n) is 4.13. The number of fused-ring (bicyclic) bond motifs is 4. The average Bonchev–Trinajstić information content (AvgIpc) is 3.84. The molecule has 0 bridgehead atoms. The largest absolute Gasteiger partial charge is 0.392 e. The number of halogens is 1. The Morgan fingerprint density at radius 2 is 1.29 bits per heavy atom. The molecule has 0 aromatic carbocycles. The molecule has 0 radical (unpaired) electrons. The van der Waals surface area contributed by atoms with Crippen molar-refractivity contribution in [1.29, 1.82) is 0 Å². The zero-order valence-corrected chi connectivity index (χ0v) is 23.1. The fraction of sp³-hybridized carbons (Fsp3) is 0.0968. The lowest BCUT2D eigenvalue weighted by Gasteiger charge is -1.98. The molecule has 0 aliphatic heterocycles. The molecule has 0 aliphatic rings. The van der Waals surface area contributed by atoms with Crippen LogP contribution in [0.1, 0.15) is 16.6 Å². The Morgan fingerprint density at radius 3 is 2.00 bits per heavy atom. The van der Waals surface area contributed by atoms with E-state index in [2.05, 4.69) is 34.9 Å². The molecule has 0 saturated heterocycles. The second kappa shape index (κ2) is 13.6. The van der Waals surface area contributed by atoms with Gasteiger partial charge in [0.05, 0.1) is 23.6 Å². The van der Waals surface area contributed by atoms with Crippen molar-refractivity contribution in [3.05, 3.63) is 120 Å². The molecule has 8 rings (SSSR count). The lowest BCUT2D eigenvalue weighted by atomic mass is 10.2. The van der Waals surface area contributed by atoms with Crippen molar-refractivity contribution < 1.29 is 15.7 Å². The van der Waals surface area contributed by atoms with Gasteiger partial charge in [-0.25, -0.2) is 19.9 Å². The van der Waals surface area contributed by atoms with Gasteiger partial charge in [0.15, 0.2) is 0 Å². The maximum atomic E-state index is 9.29. The van der Waals surface area contributed by atoms with Crippen molar-refractivity contribution in [2.75, 3.05) is 0 Å². The molecule has 0 fully saturated rings. The summed E-state index contributed by atoms with van der Waals surface area (Å²) in [4.78, 5) is 25.0. The van der Waals surface area contributed by atoms with E-state index in [9.17, 15) is 10.2 Å². The molecule has 0 atom stereocenters. The Hall–Kier alpha value is -5.03. The standard InChI is InChI=1S/C9H10N2O.C8H8N2O.C7H5ClN2.C7H6N2/c1-11-5-3-8-7(6-12)2-4-10-9(8)11;11-5-6-1-3-9-8-7(6)2-4-10-8;8-6-2-4-10-7-5(6)1-3-9-7;1-2-6-3-5-9-7(6)8-4-1/h2-5,12H,6H2,1H3;1-4,11H,5H2,(H,9,10);1-4H,(H,9,10);1-5H,(H,8,9)/i6D2;5D2;;. The number of hydrogen-bond acceptors (Lipinski definition) is 6. The van der Waals surface area contributed by atoms with E-state index in [0.29, 0.717) is 22.1 Å². The number of H-pyrrole nitrogens is 3. The van der Waals surface area contributed by atoms with Gasteiger partial charge in [0.25, 0.3) is 0 Å². The van der Waals surface area contributed by atoms with Crippen LogP contribution in [-0.2, 0) is 20.2 Å².